The molecule has 2 fully saturated rings. The molecule has 9 N–H and O–H groups in total. The van der Waals surface area contributed by atoms with Gasteiger partial charge < -0.3 is 70.5 Å². The molecule has 0 saturated carbocycles. The summed E-state index contributed by atoms with van der Waals surface area (Å²) in [4.78, 5) is 52.6. The van der Waals surface area contributed by atoms with Crippen LogP contribution in [0.4, 0.5) is 5.82 Å². The number of hydrogen-bond acceptors (Lipinski definition) is 19. The number of carboxylic acid groups (broad SMARTS) is 1. The van der Waals surface area contributed by atoms with Gasteiger partial charge in [-0.05, 0) is 12.3 Å². The molecule has 2 aliphatic heterocycles. The minimum Gasteiger partial charge on any atom is -0.756 e. The number of nitrogens with one attached hydrogen (secondary N) is 1. The van der Waals surface area contributed by atoms with Crippen molar-refractivity contribution < 1.29 is 73.3 Å². The third-order valence-corrected chi connectivity index (χ3v) is 8.06. The van der Waals surface area contributed by atoms with E-state index >= 15 is 0 Å². The van der Waals surface area contributed by atoms with E-state index in [-0.39, 0.29) is 11.6 Å². The summed E-state index contributed by atoms with van der Waals surface area (Å²) in [5, 5.41) is 75.4. The Morgan fingerprint density at radius 3 is 2.60 bits per heavy atom. The maximum atomic E-state index is 12.7. The molecule has 2 aliphatic rings. The fourth-order valence-electron chi connectivity index (χ4n) is 4.42. The van der Waals surface area contributed by atoms with E-state index in [2.05, 4.69) is 19.3 Å². The van der Waals surface area contributed by atoms with Crippen molar-refractivity contribution in [2.24, 2.45) is 0 Å². The van der Waals surface area contributed by atoms with Gasteiger partial charge in [0.05, 0.1) is 31.1 Å². The first-order valence-corrected chi connectivity index (χ1v) is 15.3. The number of aromatic nitrogens is 2. The third kappa shape index (κ3) is 8.08. The molecule has 0 aliphatic carbocycles. The number of carbonyl (C=O) groups is 2. The lowest BCUT2D eigenvalue weighted by Crippen LogP contribution is -2.69. The molecule has 1 aromatic heterocycles. The average molecular weight is 659 g/mol. The molecular formula is C21H31N4O16PS-2. The molecule has 9 unspecified atom stereocenters. The van der Waals surface area contributed by atoms with Crippen molar-refractivity contribution in [3.8, 4) is 0 Å². The Balaban J connectivity index is 1.79. The second-order valence-corrected chi connectivity index (χ2v) is 11.8. The standard InChI is InChI=1S/C21H33N4O16PS/c1-43-7-12(29)24-13-8(27)4-21(19(33)34,40-17(13)14(30)9(28)5-26)41-42(36,37)38-6-10-15(31)16(32)18(39-10)25-3-2-11(22)23-20(25)35/h2-3,8-10,13-18,26-28,30-32H,4-7H2,1H3,(H,24,29)(H,33,34)(H,36,37)(H2,22,23,35)/p-2/t8?,9-,10?,13?,14-,15?,16?,17?,18?,21?/m1/s1. The Morgan fingerprint density at radius 1 is 1.35 bits per heavy atom. The lowest BCUT2D eigenvalue weighted by Gasteiger charge is -2.50. The maximum absolute atomic E-state index is 12.7. The predicted octanol–water partition coefficient (Wildman–Crippen LogP) is -6.90. The summed E-state index contributed by atoms with van der Waals surface area (Å²) < 4.78 is 33.3. The summed E-state index contributed by atoms with van der Waals surface area (Å²) in [5.74, 6) is -6.76. The van der Waals surface area contributed by atoms with E-state index in [0.29, 0.717) is 0 Å². The number of carboxylic acids is 1. The molecule has 1 amide bonds. The van der Waals surface area contributed by atoms with Crippen molar-refractivity contribution in [2.75, 3.05) is 31.0 Å². The Morgan fingerprint density at radius 2 is 2.02 bits per heavy atom. The van der Waals surface area contributed by atoms with E-state index in [1.807, 2.05) is 0 Å². The summed E-state index contributed by atoms with van der Waals surface area (Å²) >= 11 is 1.07. The Labute approximate surface area is 246 Å². The first-order chi connectivity index (χ1) is 20.1. The van der Waals surface area contributed by atoms with Crippen LogP contribution in [0.2, 0.25) is 0 Å². The van der Waals surface area contributed by atoms with E-state index in [1.165, 1.54) is 6.07 Å². The summed E-state index contributed by atoms with van der Waals surface area (Å²) in [7, 11) is -5.82. The molecule has 43 heavy (non-hydrogen) atoms. The van der Waals surface area contributed by atoms with E-state index < -0.39 is 106 Å². The van der Waals surface area contributed by atoms with Crippen LogP contribution in [0.25, 0.3) is 0 Å². The Bertz CT molecular complexity index is 1260. The van der Waals surface area contributed by atoms with Crippen molar-refractivity contribution in [1.82, 2.24) is 14.9 Å². The second kappa shape index (κ2) is 14.2. The molecule has 0 aromatic carbocycles. The topological polar surface area (TPSA) is 329 Å². The molecule has 3 rings (SSSR count). The Hall–Kier alpha value is -2.24. The van der Waals surface area contributed by atoms with Crippen molar-refractivity contribution in [3.63, 3.8) is 0 Å². The number of anilines is 1. The highest BCUT2D eigenvalue weighted by molar-refractivity contribution is 7.99. The summed E-state index contributed by atoms with van der Waals surface area (Å²) in [5.41, 5.74) is 4.44. The van der Waals surface area contributed by atoms with Crippen molar-refractivity contribution >= 4 is 37.3 Å². The van der Waals surface area contributed by atoms with Gasteiger partial charge in [0, 0.05) is 12.6 Å². The number of nitrogen functional groups attached to an aromatic ring is 1. The number of hydrogen-bond donors (Lipinski definition) is 8. The molecular weight excluding hydrogens is 627 g/mol. The van der Waals surface area contributed by atoms with Crippen molar-refractivity contribution in [1.29, 1.82) is 0 Å². The maximum Gasteiger partial charge on any atom is 0.351 e. The van der Waals surface area contributed by atoms with Gasteiger partial charge in [-0.3, -0.25) is 18.5 Å². The highest BCUT2D eigenvalue weighted by atomic mass is 32.2. The van der Waals surface area contributed by atoms with Crippen LogP contribution < -0.4 is 26.7 Å². The van der Waals surface area contributed by atoms with E-state index in [9.17, 15) is 59.6 Å². The number of aliphatic carboxylic acids is 1. The van der Waals surface area contributed by atoms with Crippen LogP contribution in [-0.2, 0) is 32.7 Å². The highest BCUT2D eigenvalue weighted by Gasteiger charge is 2.54. The number of aliphatic hydroxyl groups excluding tert-OH is 6. The molecule has 0 spiro atoms. The molecule has 0 radical (unpaired) electrons. The number of amides is 1. The number of ether oxygens (including phenoxy) is 2. The number of carbonyl (C=O) groups excluding carboxylic acids is 2. The largest absolute Gasteiger partial charge is 0.756 e. The minimum absolute atomic E-state index is 0.144. The van der Waals surface area contributed by atoms with Gasteiger partial charge in [-0.15, -0.1) is 0 Å². The fraction of sp³-hybridized carbons (Fsp3) is 0.714. The average Bonchev–Trinajstić information content (AvgIpc) is 3.20. The number of thioether (sulfide) groups is 1. The zero-order chi connectivity index (χ0) is 32.3. The van der Waals surface area contributed by atoms with Crippen LogP contribution in [0, 0.1) is 0 Å². The molecule has 244 valence electrons. The molecule has 2 saturated heterocycles. The lowest BCUT2D eigenvalue weighted by atomic mass is 9.88. The second-order valence-electron chi connectivity index (χ2n) is 9.58. The van der Waals surface area contributed by atoms with Gasteiger partial charge in [0.15, 0.2) is 6.23 Å². The minimum atomic E-state index is -5.82. The van der Waals surface area contributed by atoms with Gasteiger partial charge in [0.2, 0.25) is 11.7 Å². The van der Waals surface area contributed by atoms with E-state index in [4.69, 9.17) is 15.2 Å². The van der Waals surface area contributed by atoms with Crippen LogP contribution in [0.15, 0.2) is 17.1 Å². The third-order valence-electron chi connectivity index (χ3n) is 6.52. The zero-order valence-corrected chi connectivity index (χ0v) is 24.0. The summed E-state index contributed by atoms with van der Waals surface area (Å²) in [6, 6.07) is -0.431. The monoisotopic (exact) mass is 658 g/mol. The number of nitrogens with zero attached hydrogens (tertiary/aromatic N) is 2. The Kier molecular flexibility index (Phi) is 11.7. The first kappa shape index (κ1) is 35.2. The number of nitrogens with two attached hydrogens (primary N) is 1. The summed E-state index contributed by atoms with van der Waals surface area (Å²) in [6.07, 6.45) is -13.6. The van der Waals surface area contributed by atoms with Crippen molar-refractivity contribution in [3.05, 3.63) is 22.7 Å². The van der Waals surface area contributed by atoms with Gasteiger partial charge in [-0.1, -0.05) is 0 Å². The number of aliphatic hydroxyl groups is 6. The van der Waals surface area contributed by atoms with E-state index in [0.717, 1.165) is 22.5 Å². The molecule has 11 atom stereocenters. The summed E-state index contributed by atoms with van der Waals surface area (Å²) in [6.45, 7) is -2.18. The van der Waals surface area contributed by atoms with Gasteiger partial charge >= 0.3 is 5.69 Å². The van der Waals surface area contributed by atoms with Gasteiger partial charge in [-0.2, -0.15) is 16.7 Å². The van der Waals surface area contributed by atoms with Crippen LogP contribution in [0.1, 0.15) is 12.6 Å². The predicted molar refractivity (Wildman–Crippen MR) is 136 cm³/mol. The molecule has 0 bridgehead atoms. The van der Waals surface area contributed by atoms with Crippen molar-refractivity contribution in [2.45, 2.75) is 67.2 Å². The van der Waals surface area contributed by atoms with Crippen LogP contribution in [-0.4, -0.2) is 132 Å². The van der Waals surface area contributed by atoms with Crippen LogP contribution >= 0.6 is 19.6 Å². The van der Waals surface area contributed by atoms with E-state index in [1.54, 1.807) is 6.26 Å². The lowest BCUT2D eigenvalue weighted by molar-refractivity contribution is -0.377. The number of phosphoric acid groups is 1. The van der Waals surface area contributed by atoms with Gasteiger partial charge in [0.1, 0.15) is 48.4 Å². The zero-order valence-electron chi connectivity index (χ0n) is 22.3. The number of phosphoric ester groups is 1. The van der Waals surface area contributed by atoms with Crippen LogP contribution in [0.3, 0.4) is 0 Å². The molecule has 3 heterocycles. The SMILES string of the molecule is CSCC(=O)NC1C(O)CC(OP(=O)([O-])OCC2OC(n3ccc(N)nc3=O)C(O)C2O)(C(=O)[O-])OC1[C@H](O)[C@H](O)CO. The smallest absolute Gasteiger partial charge is 0.351 e. The first-order valence-electron chi connectivity index (χ1n) is 12.4. The molecule has 20 nitrogen and oxygen atoms in total. The fourth-order valence-corrected chi connectivity index (χ4v) is 5.71. The number of rotatable bonds is 13. The quantitative estimate of drug-likeness (QED) is 0.0913. The molecule has 22 heteroatoms. The van der Waals surface area contributed by atoms with Crippen LogP contribution in [0.5, 0.6) is 0 Å². The van der Waals surface area contributed by atoms with Gasteiger partial charge in [0.25, 0.3) is 7.82 Å². The normalized spacial score (nSPS) is 33.8. The highest BCUT2D eigenvalue weighted by Crippen LogP contribution is 2.48. The molecule has 1 aromatic rings. The van der Waals surface area contributed by atoms with Gasteiger partial charge in [-0.25, -0.2) is 4.79 Å².